The van der Waals surface area contributed by atoms with E-state index in [1.54, 1.807) is 24.3 Å². The lowest BCUT2D eigenvalue weighted by atomic mass is 10.1. The number of benzene rings is 1. The summed E-state index contributed by atoms with van der Waals surface area (Å²) in [7, 11) is 0. The SMILES string of the molecule is O=C(O)c1cc(-c2cccc(Cl)c2)nc2[nH]c(=O)[nH]c(=O)c12. The molecule has 0 radical (unpaired) electrons. The number of carbonyl (C=O) groups is 1. The molecule has 7 nitrogen and oxygen atoms in total. The number of hydrogen-bond acceptors (Lipinski definition) is 4. The van der Waals surface area contributed by atoms with Crippen molar-refractivity contribution in [2.24, 2.45) is 0 Å². The van der Waals surface area contributed by atoms with Gasteiger partial charge in [0.05, 0.1) is 16.6 Å². The molecule has 3 rings (SSSR count). The molecule has 0 spiro atoms. The van der Waals surface area contributed by atoms with E-state index < -0.39 is 17.2 Å². The highest BCUT2D eigenvalue weighted by molar-refractivity contribution is 6.30. The van der Waals surface area contributed by atoms with E-state index in [1.807, 2.05) is 4.98 Å². The maximum absolute atomic E-state index is 11.8. The molecular weight excluding hydrogens is 310 g/mol. The lowest BCUT2D eigenvalue weighted by molar-refractivity contribution is 0.0699. The number of rotatable bonds is 2. The predicted molar refractivity (Wildman–Crippen MR) is 80.4 cm³/mol. The molecule has 2 heterocycles. The summed E-state index contributed by atoms with van der Waals surface area (Å²) in [6, 6.07) is 7.91. The van der Waals surface area contributed by atoms with Crippen LogP contribution in [0.2, 0.25) is 5.02 Å². The first kappa shape index (κ1) is 14.0. The van der Waals surface area contributed by atoms with Crippen molar-refractivity contribution >= 4 is 28.6 Å². The van der Waals surface area contributed by atoms with Gasteiger partial charge in [0.1, 0.15) is 5.65 Å². The van der Waals surface area contributed by atoms with Crippen LogP contribution in [0.25, 0.3) is 22.3 Å². The molecule has 0 atom stereocenters. The molecule has 110 valence electrons. The Bertz CT molecular complexity index is 1020. The zero-order valence-corrected chi connectivity index (χ0v) is 11.6. The van der Waals surface area contributed by atoms with Crippen molar-refractivity contribution in [1.29, 1.82) is 0 Å². The van der Waals surface area contributed by atoms with E-state index in [4.69, 9.17) is 11.6 Å². The summed E-state index contributed by atoms with van der Waals surface area (Å²) in [5.74, 6) is -1.30. The van der Waals surface area contributed by atoms with Crippen molar-refractivity contribution in [2.45, 2.75) is 0 Å². The lowest BCUT2D eigenvalue weighted by Crippen LogP contribution is -2.24. The van der Waals surface area contributed by atoms with Crippen LogP contribution in [0.4, 0.5) is 0 Å². The van der Waals surface area contributed by atoms with Gasteiger partial charge in [0.15, 0.2) is 0 Å². The Balaban J connectivity index is 2.42. The minimum Gasteiger partial charge on any atom is -0.478 e. The number of carboxylic acids is 1. The Morgan fingerprint density at radius 3 is 2.64 bits per heavy atom. The molecule has 1 aromatic carbocycles. The predicted octanol–water partition coefficient (Wildman–Crippen LogP) is 1.63. The molecule has 0 fully saturated rings. The molecule has 0 bridgehead atoms. The summed E-state index contributed by atoms with van der Waals surface area (Å²) in [6.45, 7) is 0. The molecular formula is C14H8ClN3O4. The van der Waals surface area contributed by atoms with Crippen molar-refractivity contribution in [3.8, 4) is 11.3 Å². The summed E-state index contributed by atoms with van der Waals surface area (Å²) < 4.78 is 0. The fraction of sp³-hybridized carbons (Fsp3) is 0. The number of aromatic carboxylic acids is 1. The highest BCUT2D eigenvalue weighted by Gasteiger charge is 2.16. The van der Waals surface area contributed by atoms with Crippen LogP contribution in [0.3, 0.4) is 0 Å². The number of pyridine rings is 1. The van der Waals surface area contributed by atoms with Gasteiger partial charge in [-0.3, -0.25) is 14.8 Å². The Kier molecular flexibility index (Phi) is 3.26. The summed E-state index contributed by atoms with van der Waals surface area (Å²) in [6.07, 6.45) is 0. The third-order valence-electron chi connectivity index (χ3n) is 3.06. The number of nitrogens with zero attached hydrogens (tertiary/aromatic N) is 1. The van der Waals surface area contributed by atoms with Crippen molar-refractivity contribution in [2.75, 3.05) is 0 Å². The van der Waals surface area contributed by atoms with Crippen LogP contribution < -0.4 is 11.2 Å². The quantitative estimate of drug-likeness (QED) is 0.664. The number of H-pyrrole nitrogens is 2. The molecule has 0 aliphatic heterocycles. The number of aromatic amines is 2. The van der Waals surface area contributed by atoms with Gasteiger partial charge in [-0.15, -0.1) is 0 Å². The van der Waals surface area contributed by atoms with Crippen molar-refractivity contribution in [3.05, 3.63) is 61.8 Å². The van der Waals surface area contributed by atoms with Crippen LogP contribution in [-0.2, 0) is 0 Å². The Labute approximate surface area is 127 Å². The van der Waals surface area contributed by atoms with Gasteiger partial charge in [0, 0.05) is 10.6 Å². The van der Waals surface area contributed by atoms with Crippen molar-refractivity contribution < 1.29 is 9.90 Å². The Morgan fingerprint density at radius 2 is 1.95 bits per heavy atom. The first-order valence-electron chi connectivity index (χ1n) is 6.12. The topological polar surface area (TPSA) is 116 Å². The second-order valence-electron chi connectivity index (χ2n) is 4.50. The fourth-order valence-electron chi connectivity index (χ4n) is 2.13. The maximum atomic E-state index is 11.8. The smallest absolute Gasteiger partial charge is 0.336 e. The number of aromatic nitrogens is 3. The third-order valence-corrected chi connectivity index (χ3v) is 3.29. The monoisotopic (exact) mass is 317 g/mol. The van der Waals surface area contributed by atoms with E-state index in [-0.39, 0.29) is 22.3 Å². The van der Waals surface area contributed by atoms with E-state index >= 15 is 0 Å². The average molecular weight is 318 g/mol. The third kappa shape index (κ3) is 2.38. The maximum Gasteiger partial charge on any atom is 0.336 e. The minimum atomic E-state index is -1.30. The molecule has 0 aliphatic rings. The molecule has 0 saturated carbocycles. The van der Waals surface area contributed by atoms with Gasteiger partial charge in [-0.2, -0.15) is 0 Å². The number of carboxylic acid groups (broad SMARTS) is 1. The normalized spacial score (nSPS) is 10.8. The van der Waals surface area contributed by atoms with Gasteiger partial charge in [-0.05, 0) is 18.2 Å². The van der Waals surface area contributed by atoms with Crippen molar-refractivity contribution in [1.82, 2.24) is 15.0 Å². The fourth-order valence-corrected chi connectivity index (χ4v) is 2.32. The van der Waals surface area contributed by atoms with Gasteiger partial charge in [-0.1, -0.05) is 23.7 Å². The molecule has 0 aliphatic carbocycles. The standard InChI is InChI=1S/C14H8ClN3O4/c15-7-3-1-2-6(4-7)9-5-8(13(20)21)10-11(16-9)17-14(22)18-12(10)19/h1-5H,(H,20,21)(H2,16,17,18,19,22). The molecule has 0 amide bonds. The van der Waals surface area contributed by atoms with Crippen LogP contribution in [0.15, 0.2) is 39.9 Å². The summed E-state index contributed by atoms with van der Waals surface area (Å²) in [5.41, 5.74) is -1.06. The van der Waals surface area contributed by atoms with Gasteiger partial charge < -0.3 is 5.11 Å². The van der Waals surface area contributed by atoms with E-state index in [1.165, 1.54) is 6.07 Å². The first-order chi connectivity index (χ1) is 10.5. The van der Waals surface area contributed by atoms with Crippen LogP contribution in [0, 0.1) is 0 Å². The largest absolute Gasteiger partial charge is 0.478 e. The molecule has 3 aromatic rings. The van der Waals surface area contributed by atoms with E-state index in [0.29, 0.717) is 10.6 Å². The van der Waals surface area contributed by atoms with Gasteiger partial charge in [0.25, 0.3) is 5.56 Å². The van der Waals surface area contributed by atoms with Crippen LogP contribution in [-0.4, -0.2) is 26.0 Å². The van der Waals surface area contributed by atoms with Gasteiger partial charge in [-0.25, -0.2) is 14.6 Å². The van der Waals surface area contributed by atoms with Gasteiger partial charge in [0.2, 0.25) is 0 Å². The summed E-state index contributed by atoms with van der Waals surface area (Å²) in [4.78, 5) is 43.1. The Morgan fingerprint density at radius 1 is 1.18 bits per heavy atom. The highest BCUT2D eigenvalue weighted by atomic mass is 35.5. The molecule has 8 heteroatoms. The first-order valence-corrected chi connectivity index (χ1v) is 6.50. The van der Waals surface area contributed by atoms with Crippen molar-refractivity contribution in [3.63, 3.8) is 0 Å². The van der Waals surface area contributed by atoms with Crippen LogP contribution >= 0.6 is 11.6 Å². The Hall–Kier alpha value is -2.93. The zero-order valence-electron chi connectivity index (χ0n) is 10.9. The highest BCUT2D eigenvalue weighted by Crippen LogP contribution is 2.24. The van der Waals surface area contributed by atoms with E-state index in [0.717, 1.165) is 0 Å². The number of nitrogens with one attached hydrogen (secondary N) is 2. The molecule has 3 N–H and O–H groups in total. The van der Waals surface area contributed by atoms with Crippen LogP contribution in [0.1, 0.15) is 10.4 Å². The molecule has 0 unspecified atom stereocenters. The summed E-state index contributed by atoms with van der Waals surface area (Å²) >= 11 is 5.91. The average Bonchev–Trinajstić information content (AvgIpc) is 2.45. The number of hydrogen-bond donors (Lipinski definition) is 3. The molecule has 0 saturated heterocycles. The van der Waals surface area contributed by atoms with E-state index in [9.17, 15) is 19.5 Å². The number of halogens is 1. The lowest BCUT2D eigenvalue weighted by Gasteiger charge is -2.06. The van der Waals surface area contributed by atoms with E-state index in [2.05, 4.69) is 9.97 Å². The number of fused-ring (bicyclic) bond motifs is 1. The van der Waals surface area contributed by atoms with Gasteiger partial charge >= 0.3 is 11.7 Å². The zero-order chi connectivity index (χ0) is 15.9. The molecule has 22 heavy (non-hydrogen) atoms. The van der Waals surface area contributed by atoms with Crippen LogP contribution in [0.5, 0.6) is 0 Å². The minimum absolute atomic E-state index is 0.0939. The second kappa shape index (κ2) is 5.12. The molecule has 2 aromatic heterocycles. The summed E-state index contributed by atoms with van der Waals surface area (Å²) in [5, 5.41) is 9.58. The second-order valence-corrected chi connectivity index (χ2v) is 4.94.